The monoisotopic (exact) mass is 317 g/mol. The van der Waals surface area contributed by atoms with Crippen molar-refractivity contribution in [2.24, 2.45) is 10.1 Å². The van der Waals surface area contributed by atoms with Gasteiger partial charge in [-0.3, -0.25) is 9.59 Å². The van der Waals surface area contributed by atoms with Gasteiger partial charge in [0.15, 0.2) is 10.5 Å². The van der Waals surface area contributed by atoms with Gasteiger partial charge in [0.05, 0.1) is 7.11 Å². The van der Waals surface area contributed by atoms with Crippen LogP contribution in [-0.4, -0.2) is 34.9 Å². The zero-order valence-electron chi connectivity index (χ0n) is 12.0. The number of ketones is 1. The average molecular weight is 317 g/mol. The summed E-state index contributed by atoms with van der Waals surface area (Å²) in [4.78, 5) is 28.3. The third kappa shape index (κ3) is 2.64. The summed E-state index contributed by atoms with van der Waals surface area (Å²) in [6, 6.07) is 7.40. The molecule has 7 heteroatoms. The highest BCUT2D eigenvalue weighted by Gasteiger charge is 2.52. The van der Waals surface area contributed by atoms with Crippen molar-refractivity contribution in [1.29, 1.82) is 0 Å². The molecule has 0 aromatic heterocycles. The van der Waals surface area contributed by atoms with E-state index in [2.05, 4.69) is 15.5 Å². The van der Waals surface area contributed by atoms with Crippen LogP contribution in [-0.2, 0) is 9.59 Å². The lowest BCUT2D eigenvalue weighted by Gasteiger charge is -2.26. The maximum Gasteiger partial charge on any atom is 0.264 e. The van der Waals surface area contributed by atoms with Gasteiger partial charge >= 0.3 is 0 Å². The van der Waals surface area contributed by atoms with Crippen molar-refractivity contribution < 1.29 is 14.3 Å². The number of benzene rings is 1. The second-order valence-corrected chi connectivity index (χ2v) is 6.34. The van der Waals surface area contributed by atoms with Gasteiger partial charge in [0.1, 0.15) is 5.75 Å². The number of aliphatic imine (C=N–C) groups is 1. The van der Waals surface area contributed by atoms with Crippen molar-refractivity contribution in [3.05, 3.63) is 29.8 Å². The van der Waals surface area contributed by atoms with E-state index in [9.17, 15) is 9.59 Å². The molecule has 1 fully saturated rings. The van der Waals surface area contributed by atoms with Gasteiger partial charge in [-0.25, -0.2) is 10.4 Å². The highest BCUT2D eigenvalue weighted by Crippen LogP contribution is 2.41. The fourth-order valence-electron chi connectivity index (χ4n) is 2.48. The second-order valence-electron chi connectivity index (χ2n) is 5.07. The predicted molar refractivity (Wildman–Crippen MR) is 85.3 cm³/mol. The standard InChI is InChI=1S/C15H15N3O3S/c1-21-11-6-4-10(5-7-11)9-16-14-18-17-13(20)15(22-14)8-2-3-12(15)19/h4-7,9H,2-3,8H2,1H3,(H,17,20)/b16-9-. The molecule has 1 aliphatic carbocycles. The number of Topliss-reactive ketones (excluding diaryl/α,β-unsaturated/α-hetero) is 1. The molecule has 1 saturated carbocycles. The van der Waals surface area contributed by atoms with Gasteiger partial charge in [-0.15, -0.1) is 5.10 Å². The van der Waals surface area contributed by atoms with Crippen molar-refractivity contribution >= 4 is 34.8 Å². The van der Waals surface area contributed by atoms with Gasteiger partial charge in [-0.05, 0) is 42.7 Å². The van der Waals surface area contributed by atoms with E-state index in [4.69, 9.17) is 4.74 Å². The minimum Gasteiger partial charge on any atom is -0.497 e. The molecule has 1 amide bonds. The molecule has 0 bridgehead atoms. The summed E-state index contributed by atoms with van der Waals surface area (Å²) in [6.45, 7) is 0. The molecule has 1 heterocycles. The van der Waals surface area contributed by atoms with E-state index in [0.29, 0.717) is 18.0 Å². The lowest BCUT2D eigenvalue weighted by molar-refractivity contribution is -0.130. The highest BCUT2D eigenvalue weighted by atomic mass is 32.2. The van der Waals surface area contributed by atoms with Gasteiger partial charge in [0.25, 0.3) is 5.91 Å². The minimum atomic E-state index is -1.03. The Morgan fingerprint density at radius 3 is 2.77 bits per heavy atom. The molecule has 6 nitrogen and oxygen atoms in total. The molecule has 1 aliphatic heterocycles. The van der Waals surface area contributed by atoms with Gasteiger partial charge < -0.3 is 4.74 Å². The number of methoxy groups -OCH3 is 1. The van der Waals surface area contributed by atoms with Crippen molar-refractivity contribution in [3.63, 3.8) is 0 Å². The molecule has 0 radical (unpaired) electrons. The van der Waals surface area contributed by atoms with Crippen LogP contribution in [0.4, 0.5) is 0 Å². The van der Waals surface area contributed by atoms with Crippen LogP contribution < -0.4 is 10.2 Å². The lowest BCUT2D eigenvalue weighted by atomic mass is 10.1. The van der Waals surface area contributed by atoms with Crippen molar-refractivity contribution in [2.75, 3.05) is 7.11 Å². The van der Waals surface area contributed by atoms with Crippen LogP contribution in [0.15, 0.2) is 34.4 Å². The van der Waals surface area contributed by atoms with Gasteiger partial charge in [-0.2, -0.15) is 0 Å². The number of amidine groups is 1. The van der Waals surface area contributed by atoms with E-state index in [1.807, 2.05) is 24.3 Å². The summed E-state index contributed by atoms with van der Waals surface area (Å²) in [5, 5.41) is 4.31. The molecule has 1 aromatic carbocycles. The summed E-state index contributed by atoms with van der Waals surface area (Å²) < 4.78 is 4.06. The van der Waals surface area contributed by atoms with Crippen LogP contribution in [0, 0.1) is 0 Å². The minimum absolute atomic E-state index is 0.0398. The third-order valence-electron chi connectivity index (χ3n) is 3.71. The number of hydrogen-bond acceptors (Lipinski definition) is 6. The maximum absolute atomic E-state index is 12.0. The predicted octanol–water partition coefficient (Wildman–Crippen LogP) is 1.74. The molecule has 3 rings (SSSR count). The van der Waals surface area contributed by atoms with E-state index < -0.39 is 4.75 Å². The zero-order chi connectivity index (χ0) is 15.6. The van der Waals surface area contributed by atoms with Gasteiger partial charge in [-0.1, -0.05) is 11.8 Å². The molecule has 114 valence electrons. The second kappa shape index (κ2) is 5.92. The molecular formula is C15H15N3O3S. The Bertz CT molecular complexity index is 669. The van der Waals surface area contributed by atoms with Crippen LogP contribution >= 0.6 is 11.8 Å². The van der Waals surface area contributed by atoms with Gasteiger partial charge in [0.2, 0.25) is 5.17 Å². The number of thioether (sulfide) groups is 1. The molecule has 1 N–H and O–H groups in total. The molecule has 2 aliphatic rings. The van der Waals surface area contributed by atoms with Crippen LogP contribution in [0.3, 0.4) is 0 Å². The topological polar surface area (TPSA) is 80.1 Å². The Morgan fingerprint density at radius 1 is 1.36 bits per heavy atom. The number of nitrogens with one attached hydrogen (secondary N) is 1. The Labute approximate surface area is 132 Å². The van der Waals surface area contributed by atoms with Crippen LogP contribution in [0.2, 0.25) is 0 Å². The van der Waals surface area contributed by atoms with Crippen LogP contribution in [0.5, 0.6) is 5.75 Å². The molecule has 1 unspecified atom stereocenters. The number of hydrazone groups is 1. The lowest BCUT2D eigenvalue weighted by Crippen LogP contribution is -2.49. The SMILES string of the molecule is COc1ccc(/C=N\C2=NNC(=O)C3(CCCC3=O)S2)cc1. The first-order valence-electron chi connectivity index (χ1n) is 6.93. The summed E-state index contributed by atoms with van der Waals surface area (Å²) >= 11 is 1.15. The first-order chi connectivity index (χ1) is 10.6. The van der Waals surface area contributed by atoms with Crippen molar-refractivity contribution in [3.8, 4) is 5.75 Å². The van der Waals surface area contributed by atoms with E-state index in [-0.39, 0.29) is 11.7 Å². The smallest absolute Gasteiger partial charge is 0.264 e. The highest BCUT2D eigenvalue weighted by molar-refractivity contribution is 8.16. The Balaban J connectivity index is 1.76. The number of hydrogen-bond donors (Lipinski definition) is 1. The van der Waals surface area contributed by atoms with Crippen molar-refractivity contribution in [2.45, 2.75) is 24.0 Å². The van der Waals surface area contributed by atoms with E-state index in [1.54, 1.807) is 13.3 Å². The molecule has 0 saturated heterocycles. The Hall–Kier alpha value is -2.15. The summed E-state index contributed by atoms with van der Waals surface area (Å²) in [5.74, 6) is 0.398. The number of ether oxygens (including phenoxy) is 1. The first kappa shape index (κ1) is 14.8. The van der Waals surface area contributed by atoms with E-state index in [0.717, 1.165) is 29.5 Å². The normalized spacial score (nSPS) is 24.7. The van der Waals surface area contributed by atoms with E-state index in [1.165, 1.54) is 0 Å². The fraction of sp³-hybridized carbons (Fsp3) is 0.333. The number of rotatable bonds is 2. The van der Waals surface area contributed by atoms with Crippen molar-refractivity contribution in [1.82, 2.24) is 5.43 Å². The molecule has 22 heavy (non-hydrogen) atoms. The average Bonchev–Trinajstić information content (AvgIpc) is 2.91. The largest absolute Gasteiger partial charge is 0.497 e. The quantitative estimate of drug-likeness (QED) is 0.665. The third-order valence-corrected chi connectivity index (χ3v) is 5.05. The Morgan fingerprint density at radius 2 is 2.14 bits per heavy atom. The summed E-state index contributed by atoms with van der Waals surface area (Å²) in [5.41, 5.74) is 3.31. The molecule has 1 aromatic rings. The van der Waals surface area contributed by atoms with Crippen LogP contribution in [0.25, 0.3) is 0 Å². The number of nitrogens with zero attached hydrogens (tertiary/aromatic N) is 2. The van der Waals surface area contributed by atoms with Crippen LogP contribution in [0.1, 0.15) is 24.8 Å². The number of carbonyl (C=O) groups is 2. The zero-order valence-corrected chi connectivity index (χ0v) is 12.9. The Kier molecular flexibility index (Phi) is 3.98. The number of amides is 1. The summed E-state index contributed by atoms with van der Waals surface area (Å²) in [6.07, 6.45) is 3.36. The number of carbonyl (C=O) groups excluding carboxylic acids is 2. The van der Waals surface area contributed by atoms with E-state index >= 15 is 0 Å². The molecular weight excluding hydrogens is 302 g/mol. The molecule has 1 atom stereocenters. The maximum atomic E-state index is 12.0. The van der Waals surface area contributed by atoms with Gasteiger partial charge in [0, 0.05) is 12.6 Å². The summed E-state index contributed by atoms with van der Waals surface area (Å²) in [7, 11) is 1.61. The first-order valence-corrected chi connectivity index (χ1v) is 7.74. The fourth-order valence-corrected chi connectivity index (χ4v) is 3.59. The molecule has 1 spiro atoms.